The Hall–Kier alpha value is -2.67. The molecule has 0 saturated carbocycles. The first-order chi connectivity index (χ1) is 16.6. The van der Waals surface area contributed by atoms with Crippen molar-refractivity contribution in [2.75, 3.05) is 19.7 Å². The van der Waals surface area contributed by atoms with Gasteiger partial charge in [-0.25, -0.2) is 4.98 Å². The monoisotopic (exact) mass is 480 g/mol. The van der Waals surface area contributed by atoms with Crippen LogP contribution < -0.4 is 10.1 Å². The first-order valence-electron chi connectivity index (χ1n) is 11.6. The van der Waals surface area contributed by atoms with Crippen molar-refractivity contribution >= 4 is 22.8 Å². The zero-order chi connectivity index (χ0) is 23.1. The minimum absolute atomic E-state index is 0.157. The molecule has 0 radical (unpaired) electrons. The molecule has 3 aliphatic rings. The standard InChI is InChI=1S/C25H25ClN4O4/c26-17-11-18-24(30-25(28-18)34-21-12-20-23(33-21)19(31)13-32-20)29-22(17)16-5-3-14(4-6-16)1-2-15-7-9-27-10-8-15/h3-6,11,15,19-21,23,27,31H,7-10,12-13H2,(H,28,29,30)/t19-,20-,21+,23-/m1/s1. The first kappa shape index (κ1) is 21.8. The Labute approximate surface area is 202 Å². The van der Waals surface area contributed by atoms with Gasteiger partial charge in [0.25, 0.3) is 6.01 Å². The predicted octanol–water partition coefficient (Wildman–Crippen LogP) is 2.88. The number of imidazole rings is 1. The van der Waals surface area contributed by atoms with Crippen LogP contribution in [-0.4, -0.2) is 64.4 Å². The fourth-order valence-electron chi connectivity index (χ4n) is 4.68. The minimum atomic E-state index is -0.626. The molecule has 0 bridgehead atoms. The molecule has 176 valence electrons. The van der Waals surface area contributed by atoms with E-state index >= 15 is 0 Å². The zero-order valence-corrected chi connectivity index (χ0v) is 19.2. The third-order valence-electron chi connectivity index (χ3n) is 6.53. The second-order valence-electron chi connectivity index (χ2n) is 8.93. The quantitative estimate of drug-likeness (QED) is 0.495. The van der Waals surface area contributed by atoms with Crippen molar-refractivity contribution in [1.29, 1.82) is 0 Å². The molecule has 0 unspecified atom stereocenters. The van der Waals surface area contributed by atoms with Crippen LogP contribution in [0.3, 0.4) is 0 Å². The third-order valence-corrected chi connectivity index (χ3v) is 6.81. The van der Waals surface area contributed by atoms with Gasteiger partial charge in [0.2, 0.25) is 6.29 Å². The summed E-state index contributed by atoms with van der Waals surface area (Å²) in [5.74, 6) is 7.14. The molecule has 3 fully saturated rings. The predicted molar refractivity (Wildman–Crippen MR) is 126 cm³/mol. The number of rotatable bonds is 3. The lowest BCUT2D eigenvalue weighted by molar-refractivity contribution is -0.103. The van der Waals surface area contributed by atoms with Gasteiger partial charge in [-0.15, -0.1) is 0 Å². The summed E-state index contributed by atoms with van der Waals surface area (Å²) in [4.78, 5) is 12.2. The number of aliphatic hydroxyl groups excluding tert-OH is 1. The molecule has 34 heavy (non-hydrogen) atoms. The second kappa shape index (κ2) is 9.17. The highest BCUT2D eigenvalue weighted by atomic mass is 35.5. The molecule has 2 aromatic heterocycles. The molecule has 1 aromatic carbocycles. The average molecular weight is 481 g/mol. The Morgan fingerprint density at radius 2 is 1.97 bits per heavy atom. The number of aromatic amines is 1. The molecule has 3 aromatic rings. The smallest absolute Gasteiger partial charge is 0.298 e. The second-order valence-corrected chi connectivity index (χ2v) is 9.33. The molecule has 3 aliphatic heterocycles. The van der Waals surface area contributed by atoms with Crippen LogP contribution >= 0.6 is 11.6 Å². The molecule has 0 aliphatic carbocycles. The summed E-state index contributed by atoms with van der Waals surface area (Å²) in [5.41, 5.74) is 3.68. The molecule has 8 nitrogen and oxygen atoms in total. The van der Waals surface area contributed by atoms with E-state index in [1.165, 1.54) is 0 Å². The molecule has 4 atom stereocenters. The van der Waals surface area contributed by atoms with Gasteiger partial charge in [-0.2, -0.15) is 4.98 Å². The van der Waals surface area contributed by atoms with Crippen LogP contribution in [0, 0.1) is 17.8 Å². The van der Waals surface area contributed by atoms with Crippen LogP contribution in [-0.2, 0) is 9.47 Å². The number of ether oxygens (including phenoxy) is 3. The van der Waals surface area contributed by atoms with E-state index in [0.29, 0.717) is 46.8 Å². The van der Waals surface area contributed by atoms with E-state index in [9.17, 15) is 5.11 Å². The SMILES string of the molecule is O[C@@H]1CO[C@@H]2C[C@H](Oc3nc4nc(-c5ccc(C#CC6CCNCC6)cc5)c(Cl)cc4[nH]3)O[C@H]12. The number of halogens is 1. The fourth-order valence-corrected chi connectivity index (χ4v) is 4.94. The number of hydrogen-bond acceptors (Lipinski definition) is 7. The summed E-state index contributed by atoms with van der Waals surface area (Å²) >= 11 is 6.55. The van der Waals surface area contributed by atoms with Crippen LogP contribution in [0.5, 0.6) is 6.01 Å². The molecular weight excluding hydrogens is 456 g/mol. The number of nitrogens with zero attached hydrogens (tertiary/aromatic N) is 2. The Morgan fingerprint density at radius 1 is 1.15 bits per heavy atom. The Morgan fingerprint density at radius 3 is 2.76 bits per heavy atom. The van der Waals surface area contributed by atoms with E-state index in [4.69, 9.17) is 25.8 Å². The van der Waals surface area contributed by atoms with E-state index < -0.39 is 12.4 Å². The Bertz CT molecular complexity index is 1250. The molecule has 3 saturated heterocycles. The lowest BCUT2D eigenvalue weighted by Gasteiger charge is -2.17. The van der Waals surface area contributed by atoms with Crippen molar-refractivity contribution in [2.24, 2.45) is 5.92 Å². The van der Waals surface area contributed by atoms with Gasteiger partial charge in [-0.05, 0) is 44.1 Å². The molecule has 5 heterocycles. The summed E-state index contributed by atoms with van der Waals surface area (Å²) in [6.45, 7) is 2.37. The number of pyridine rings is 1. The van der Waals surface area contributed by atoms with E-state index in [1.54, 1.807) is 6.07 Å². The van der Waals surface area contributed by atoms with Gasteiger partial charge in [0.15, 0.2) is 5.65 Å². The first-order valence-corrected chi connectivity index (χ1v) is 12.0. The van der Waals surface area contributed by atoms with Crippen molar-refractivity contribution in [3.63, 3.8) is 0 Å². The molecule has 0 amide bonds. The summed E-state index contributed by atoms with van der Waals surface area (Å²) in [5, 5.41) is 13.8. The fraction of sp³-hybridized carbons (Fsp3) is 0.440. The summed E-state index contributed by atoms with van der Waals surface area (Å²) in [7, 11) is 0. The van der Waals surface area contributed by atoms with E-state index in [0.717, 1.165) is 37.1 Å². The van der Waals surface area contributed by atoms with Crippen molar-refractivity contribution in [3.05, 3.63) is 40.9 Å². The molecule has 6 rings (SSSR count). The maximum Gasteiger partial charge on any atom is 0.298 e. The summed E-state index contributed by atoms with van der Waals surface area (Å²) < 4.78 is 17.1. The van der Waals surface area contributed by atoms with Crippen LogP contribution in [0.25, 0.3) is 22.4 Å². The van der Waals surface area contributed by atoms with Gasteiger partial charge in [0, 0.05) is 23.5 Å². The average Bonchev–Trinajstić information content (AvgIpc) is 3.53. The topological polar surface area (TPSA) is 102 Å². The number of aromatic nitrogens is 3. The minimum Gasteiger partial charge on any atom is -0.435 e. The lowest BCUT2D eigenvalue weighted by Crippen LogP contribution is -2.28. The number of fused-ring (bicyclic) bond motifs is 2. The molecular formula is C25H25ClN4O4. The van der Waals surface area contributed by atoms with Crippen LogP contribution in [0.4, 0.5) is 0 Å². The number of aliphatic hydroxyl groups is 1. The largest absolute Gasteiger partial charge is 0.435 e. The Kier molecular flexibility index (Phi) is 5.89. The molecule has 9 heteroatoms. The normalized spacial score (nSPS) is 26.9. The zero-order valence-electron chi connectivity index (χ0n) is 18.5. The van der Waals surface area contributed by atoms with Crippen LogP contribution in [0.15, 0.2) is 30.3 Å². The molecule has 3 N–H and O–H groups in total. The van der Waals surface area contributed by atoms with Crippen molar-refractivity contribution in [2.45, 2.75) is 43.9 Å². The van der Waals surface area contributed by atoms with Gasteiger partial charge < -0.3 is 29.6 Å². The number of piperidine rings is 1. The van der Waals surface area contributed by atoms with E-state index in [2.05, 4.69) is 32.1 Å². The van der Waals surface area contributed by atoms with E-state index in [1.807, 2.05) is 24.3 Å². The van der Waals surface area contributed by atoms with Gasteiger partial charge in [-0.1, -0.05) is 35.6 Å². The lowest BCUT2D eigenvalue weighted by atomic mass is 9.98. The van der Waals surface area contributed by atoms with Gasteiger partial charge in [-0.3, -0.25) is 0 Å². The third kappa shape index (κ3) is 4.38. The highest BCUT2D eigenvalue weighted by Gasteiger charge is 2.46. The summed E-state index contributed by atoms with van der Waals surface area (Å²) in [6.07, 6.45) is 1.05. The van der Waals surface area contributed by atoms with E-state index in [-0.39, 0.29) is 12.2 Å². The highest BCUT2D eigenvalue weighted by Crippen LogP contribution is 2.33. The Balaban J connectivity index is 1.18. The number of benzene rings is 1. The summed E-state index contributed by atoms with van der Waals surface area (Å²) in [6, 6.07) is 10.0. The highest BCUT2D eigenvalue weighted by molar-refractivity contribution is 6.33. The van der Waals surface area contributed by atoms with Gasteiger partial charge >= 0.3 is 0 Å². The maximum atomic E-state index is 9.91. The van der Waals surface area contributed by atoms with Gasteiger partial charge in [0.05, 0.1) is 28.9 Å². The van der Waals surface area contributed by atoms with Gasteiger partial charge in [0.1, 0.15) is 12.2 Å². The van der Waals surface area contributed by atoms with Crippen molar-refractivity contribution in [3.8, 4) is 29.1 Å². The van der Waals surface area contributed by atoms with Crippen LogP contribution in [0.2, 0.25) is 5.02 Å². The van der Waals surface area contributed by atoms with Crippen LogP contribution in [0.1, 0.15) is 24.8 Å². The molecule has 0 spiro atoms. The number of hydrogen-bond donors (Lipinski definition) is 3. The number of H-pyrrole nitrogens is 1. The van der Waals surface area contributed by atoms with Crippen molar-refractivity contribution in [1.82, 2.24) is 20.3 Å². The van der Waals surface area contributed by atoms with Crippen molar-refractivity contribution < 1.29 is 19.3 Å². The number of nitrogens with one attached hydrogen (secondary N) is 2. The maximum absolute atomic E-state index is 9.91.